The van der Waals surface area contributed by atoms with Crippen LogP contribution in [0.3, 0.4) is 0 Å². The first-order valence-corrected chi connectivity index (χ1v) is 8.13. The number of benzene rings is 1. The van der Waals surface area contributed by atoms with Gasteiger partial charge in [0, 0.05) is 17.0 Å². The van der Waals surface area contributed by atoms with Crippen molar-refractivity contribution in [3.8, 4) is 0 Å². The molecule has 0 aromatic heterocycles. The first kappa shape index (κ1) is 14.0. The zero-order valence-electron chi connectivity index (χ0n) is 11.6. The van der Waals surface area contributed by atoms with Crippen LogP contribution < -0.4 is 5.73 Å². The van der Waals surface area contributed by atoms with Gasteiger partial charge in [-0.2, -0.15) is 11.8 Å². The Morgan fingerprint density at radius 3 is 2.72 bits per heavy atom. The molecule has 1 nitrogen and oxygen atoms in total. The van der Waals surface area contributed by atoms with Crippen LogP contribution in [0.25, 0.3) is 0 Å². The quantitative estimate of drug-likeness (QED) is 0.873. The number of hydrogen-bond donors (Lipinski definition) is 1. The Kier molecular flexibility index (Phi) is 5.13. The Balaban J connectivity index is 1.82. The van der Waals surface area contributed by atoms with Gasteiger partial charge >= 0.3 is 0 Å². The van der Waals surface area contributed by atoms with Crippen LogP contribution in [0.1, 0.15) is 42.4 Å². The van der Waals surface area contributed by atoms with Crippen LogP contribution in [0.2, 0.25) is 0 Å². The molecule has 2 N–H and O–H groups in total. The summed E-state index contributed by atoms with van der Waals surface area (Å²) in [5, 5.41) is 0.884. The molecule has 18 heavy (non-hydrogen) atoms. The Morgan fingerprint density at radius 2 is 2.00 bits per heavy atom. The summed E-state index contributed by atoms with van der Waals surface area (Å²) in [4.78, 5) is 0. The Morgan fingerprint density at radius 1 is 1.28 bits per heavy atom. The van der Waals surface area contributed by atoms with Crippen LogP contribution in [0, 0.1) is 13.8 Å². The van der Waals surface area contributed by atoms with Gasteiger partial charge < -0.3 is 5.73 Å². The number of nitrogens with two attached hydrogens (primary N) is 1. The van der Waals surface area contributed by atoms with E-state index < -0.39 is 0 Å². The third-order valence-electron chi connectivity index (χ3n) is 3.83. The van der Waals surface area contributed by atoms with E-state index in [9.17, 15) is 0 Å². The van der Waals surface area contributed by atoms with Gasteiger partial charge in [-0.1, -0.05) is 36.6 Å². The second-order valence-corrected chi connectivity index (χ2v) is 6.97. The molecule has 100 valence electrons. The molecule has 1 aromatic carbocycles. The molecule has 1 atom stereocenters. The molecule has 1 fully saturated rings. The molecular weight excluding hydrogens is 238 g/mol. The first-order chi connectivity index (χ1) is 8.65. The van der Waals surface area contributed by atoms with Crippen molar-refractivity contribution in [1.82, 2.24) is 0 Å². The summed E-state index contributed by atoms with van der Waals surface area (Å²) in [7, 11) is 0. The van der Waals surface area contributed by atoms with Crippen molar-refractivity contribution in [3.63, 3.8) is 0 Å². The van der Waals surface area contributed by atoms with E-state index in [1.807, 2.05) is 0 Å². The van der Waals surface area contributed by atoms with Gasteiger partial charge in [-0.15, -0.1) is 0 Å². The summed E-state index contributed by atoms with van der Waals surface area (Å²) in [5.74, 6) is 1.11. The number of rotatable bonds is 5. The smallest absolute Gasteiger partial charge is 0.0171 e. The lowest BCUT2D eigenvalue weighted by Crippen LogP contribution is -2.27. The lowest BCUT2D eigenvalue weighted by atomic mass is 10.00. The van der Waals surface area contributed by atoms with Gasteiger partial charge in [0.2, 0.25) is 0 Å². The third kappa shape index (κ3) is 4.03. The maximum Gasteiger partial charge on any atom is 0.0171 e. The average Bonchev–Trinajstić information content (AvgIpc) is 2.84. The maximum absolute atomic E-state index is 6.28. The van der Waals surface area contributed by atoms with Crippen LogP contribution in [-0.4, -0.2) is 17.0 Å². The van der Waals surface area contributed by atoms with Crippen molar-refractivity contribution in [2.24, 2.45) is 5.73 Å². The minimum atomic E-state index is 0.302. The van der Waals surface area contributed by atoms with Crippen molar-refractivity contribution in [1.29, 1.82) is 0 Å². The monoisotopic (exact) mass is 263 g/mol. The first-order valence-electron chi connectivity index (χ1n) is 7.08. The minimum absolute atomic E-state index is 0.302. The molecule has 0 amide bonds. The van der Waals surface area contributed by atoms with Crippen LogP contribution >= 0.6 is 11.8 Å². The molecule has 1 aliphatic rings. The summed E-state index contributed by atoms with van der Waals surface area (Å²) in [6, 6.07) is 6.98. The summed E-state index contributed by atoms with van der Waals surface area (Å²) in [5.41, 5.74) is 10.4. The average molecular weight is 263 g/mol. The molecule has 0 spiro atoms. The summed E-state index contributed by atoms with van der Waals surface area (Å²) >= 11 is 2.10. The number of aryl methyl sites for hydroxylation is 2. The standard InChI is InChI=1S/C16H25NS/c1-12-7-8-13(2)14(9-12)10-15(17)11-18-16-5-3-4-6-16/h7-9,15-16H,3-6,10-11,17H2,1-2H3. The topological polar surface area (TPSA) is 26.0 Å². The van der Waals surface area contributed by atoms with E-state index in [1.54, 1.807) is 0 Å². The predicted octanol–water partition coefficient (Wildman–Crippen LogP) is 3.85. The molecule has 0 bridgehead atoms. The van der Waals surface area contributed by atoms with Crippen molar-refractivity contribution >= 4 is 11.8 Å². The second kappa shape index (κ2) is 6.63. The Labute approximate surface area is 116 Å². The van der Waals surface area contributed by atoms with Crippen LogP contribution in [-0.2, 0) is 6.42 Å². The van der Waals surface area contributed by atoms with Crippen LogP contribution in [0.4, 0.5) is 0 Å². The molecule has 0 saturated heterocycles. The zero-order chi connectivity index (χ0) is 13.0. The molecule has 2 heteroatoms. The van der Waals surface area contributed by atoms with Gasteiger partial charge in [0.15, 0.2) is 0 Å². The molecule has 1 unspecified atom stereocenters. The number of hydrogen-bond acceptors (Lipinski definition) is 2. The Hall–Kier alpha value is -0.470. The van der Waals surface area contributed by atoms with Crippen LogP contribution in [0.5, 0.6) is 0 Å². The van der Waals surface area contributed by atoms with Crippen LogP contribution in [0.15, 0.2) is 18.2 Å². The van der Waals surface area contributed by atoms with Crippen molar-refractivity contribution in [3.05, 3.63) is 34.9 Å². The summed E-state index contributed by atoms with van der Waals surface area (Å²) < 4.78 is 0. The molecule has 2 rings (SSSR count). The largest absolute Gasteiger partial charge is 0.327 e. The Bertz CT molecular complexity index is 383. The van der Waals surface area contributed by atoms with Gasteiger partial charge in [0.1, 0.15) is 0 Å². The van der Waals surface area contributed by atoms with Gasteiger partial charge in [-0.05, 0) is 44.2 Å². The normalized spacial score (nSPS) is 18.2. The second-order valence-electron chi connectivity index (χ2n) is 5.63. The van der Waals surface area contributed by atoms with E-state index >= 15 is 0 Å². The molecule has 0 aliphatic heterocycles. The van der Waals surface area contributed by atoms with Gasteiger partial charge in [0.25, 0.3) is 0 Å². The molecular formula is C16H25NS. The zero-order valence-corrected chi connectivity index (χ0v) is 12.4. The van der Waals surface area contributed by atoms with Gasteiger partial charge in [-0.3, -0.25) is 0 Å². The highest BCUT2D eigenvalue weighted by Crippen LogP contribution is 2.29. The summed E-state index contributed by atoms with van der Waals surface area (Å²) in [6.07, 6.45) is 6.67. The van der Waals surface area contributed by atoms with E-state index in [-0.39, 0.29) is 0 Å². The van der Waals surface area contributed by atoms with E-state index in [2.05, 4.69) is 43.8 Å². The SMILES string of the molecule is Cc1ccc(C)c(CC(N)CSC2CCCC2)c1. The van der Waals surface area contributed by atoms with Gasteiger partial charge in [-0.25, -0.2) is 0 Å². The minimum Gasteiger partial charge on any atom is -0.327 e. The summed E-state index contributed by atoms with van der Waals surface area (Å²) in [6.45, 7) is 4.34. The highest BCUT2D eigenvalue weighted by Gasteiger charge is 2.16. The van der Waals surface area contributed by atoms with E-state index in [1.165, 1.54) is 42.4 Å². The van der Waals surface area contributed by atoms with E-state index in [4.69, 9.17) is 5.73 Å². The maximum atomic E-state index is 6.28. The lowest BCUT2D eigenvalue weighted by molar-refractivity contribution is 0.741. The highest BCUT2D eigenvalue weighted by molar-refractivity contribution is 7.99. The molecule has 1 saturated carbocycles. The third-order valence-corrected chi connectivity index (χ3v) is 5.40. The van der Waals surface area contributed by atoms with E-state index in [0.717, 1.165) is 17.4 Å². The molecule has 0 heterocycles. The fraction of sp³-hybridized carbons (Fsp3) is 0.625. The van der Waals surface area contributed by atoms with Crippen molar-refractivity contribution < 1.29 is 0 Å². The van der Waals surface area contributed by atoms with Crippen molar-refractivity contribution in [2.75, 3.05) is 5.75 Å². The fourth-order valence-corrected chi connectivity index (χ4v) is 3.98. The van der Waals surface area contributed by atoms with Gasteiger partial charge in [0.05, 0.1) is 0 Å². The van der Waals surface area contributed by atoms with E-state index in [0.29, 0.717) is 6.04 Å². The highest BCUT2D eigenvalue weighted by atomic mass is 32.2. The van der Waals surface area contributed by atoms with Crippen molar-refractivity contribution in [2.45, 2.75) is 57.2 Å². The molecule has 1 aliphatic carbocycles. The predicted molar refractivity (Wildman–Crippen MR) is 82.3 cm³/mol. The lowest BCUT2D eigenvalue weighted by Gasteiger charge is -2.16. The molecule has 1 aromatic rings. The fourth-order valence-electron chi connectivity index (χ4n) is 2.68. The molecule has 0 radical (unpaired) electrons. The number of thioether (sulfide) groups is 1.